The van der Waals surface area contributed by atoms with Crippen LogP contribution in [0.5, 0.6) is 0 Å². The first-order chi connectivity index (χ1) is 9.09. The van der Waals surface area contributed by atoms with Crippen molar-refractivity contribution >= 4 is 10.9 Å². The van der Waals surface area contributed by atoms with Gasteiger partial charge in [0.05, 0.1) is 0 Å². The van der Waals surface area contributed by atoms with Crippen LogP contribution in [0.1, 0.15) is 23.6 Å². The molecule has 0 saturated carbocycles. The number of hydrogen-bond acceptors (Lipinski definition) is 1. The van der Waals surface area contributed by atoms with E-state index >= 15 is 0 Å². The highest BCUT2D eigenvalue weighted by atomic mass is 16.3. The van der Waals surface area contributed by atoms with Crippen LogP contribution in [0, 0.1) is 6.92 Å². The molecule has 0 aliphatic rings. The van der Waals surface area contributed by atoms with E-state index in [1.54, 1.807) is 0 Å². The summed E-state index contributed by atoms with van der Waals surface area (Å²) in [6, 6.07) is 16.0. The number of aliphatic hydroxyl groups is 1. The lowest BCUT2D eigenvalue weighted by Gasteiger charge is -2.26. The zero-order valence-corrected chi connectivity index (χ0v) is 11.1. The second-order valence-electron chi connectivity index (χ2n) is 5.17. The average Bonchev–Trinajstić information content (AvgIpc) is 2.86. The van der Waals surface area contributed by atoms with Crippen molar-refractivity contribution in [1.29, 1.82) is 0 Å². The predicted molar refractivity (Wildman–Crippen MR) is 78.2 cm³/mol. The highest BCUT2D eigenvalue weighted by Gasteiger charge is 2.27. The van der Waals surface area contributed by atoms with Crippen LogP contribution in [0.3, 0.4) is 0 Å². The molecular weight excluding hydrogens is 234 g/mol. The van der Waals surface area contributed by atoms with Gasteiger partial charge in [-0.1, -0.05) is 30.3 Å². The van der Waals surface area contributed by atoms with E-state index in [2.05, 4.69) is 4.98 Å². The fraction of sp³-hybridized carbons (Fsp3) is 0.176. The van der Waals surface area contributed by atoms with Crippen LogP contribution >= 0.6 is 0 Å². The lowest BCUT2D eigenvalue weighted by atomic mass is 9.85. The van der Waals surface area contributed by atoms with Crippen LogP contribution in [0.2, 0.25) is 0 Å². The molecule has 0 aliphatic heterocycles. The molecule has 1 aromatic heterocycles. The third kappa shape index (κ3) is 1.94. The molecule has 2 heteroatoms. The van der Waals surface area contributed by atoms with Crippen LogP contribution in [0.4, 0.5) is 0 Å². The lowest BCUT2D eigenvalue weighted by molar-refractivity contribution is 0.102. The first-order valence-electron chi connectivity index (χ1n) is 6.45. The Morgan fingerprint density at radius 3 is 2.63 bits per heavy atom. The van der Waals surface area contributed by atoms with Gasteiger partial charge in [-0.15, -0.1) is 0 Å². The van der Waals surface area contributed by atoms with E-state index in [1.807, 2.05) is 68.6 Å². The number of nitrogens with one attached hydrogen (secondary N) is 1. The molecule has 0 radical (unpaired) electrons. The molecule has 19 heavy (non-hydrogen) atoms. The summed E-state index contributed by atoms with van der Waals surface area (Å²) >= 11 is 0. The second-order valence-corrected chi connectivity index (χ2v) is 5.17. The standard InChI is InChI=1S/C17H17NO/c1-12-5-3-4-6-15(12)17(2,19)14-7-8-16-13(11-14)9-10-18-16/h3-11,18-19H,1-2H3. The fourth-order valence-electron chi connectivity index (χ4n) is 2.63. The number of rotatable bonds is 2. The highest BCUT2D eigenvalue weighted by molar-refractivity contribution is 5.80. The summed E-state index contributed by atoms with van der Waals surface area (Å²) < 4.78 is 0. The quantitative estimate of drug-likeness (QED) is 0.715. The summed E-state index contributed by atoms with van der Waals surface area (Å²) in [4.78, 5) is 3.17. The van der Waals surface area contributed by atoms with Crippen molar-refractivity contribution in [2.24, 2.45) is 0 Å². The second kappa shape index (κ2) is 4.25. The lowest BCUT2D eigenvalue weighted by Crippen LogP contribution is -2.23. The molecule has 0 bridgehead atoms. The molecule has 3 rings (SSSR count). The fourth-order valence-corrected chi connectivity index (χ4v) is 2.63. The van der Waals surface area contributed by atoms with Gasteiger partial charge in [-0.3, -0.25) is 0 Å². The molecule has 1 atom stereocenters. The van der Waals surface area contributed by atoms with E-state index in [0.29, 0.717) is 0 Å². The normalized spacial score (nSPS) is 14.5. The monoisotopic (exact) mass is 251 g/mol. The summed E-state index contributed by atoms with van der Waals surface area (Å²) in [5, 5.41) is 12.0. The van der Waals surface area contributed by atoms with Gasteiger partial charge >= 0.3 is 0 Å². The zero-order valence-electron chi connectivity index (χ0n) is 11.1. The van der Waals surface area contributed by atoms with E-state index in [-0.39, 0.29) is 0 Å². The van der Waals surface area contributed by atoms with E-state index in [0.717, 1.165) is 27.6 Å². The van der Waals surface area contributed by atoms with Gasteiger partial charge in [0, 0.05) is 11.7 Å². The molecule has 1 unspecified atom stereocenters. The van der Waals surface area contributed by atoms with Crippen LogP contribution in [-0.4, -0.2) is 10.1 Å². The summed E-state index contributed by atoms with van der Waals surface area (Å²) in [5.41, 5.74) is 3.07. The van der Waals surface area contributed by atoms with Gasteiger partial charge in [-0.25, -0.2) is 0 Å². The average molecular weight is 251 g/mol. The maximum Gasteiger partial charge on any atom is 0.112 e. The minimum absolute atomic E-state index is 0.911. The highest BCUT2D eigenvalue weighted by Crippen LogP contribution is 2.32. The van der Waals surface area contributed by atoms with E-state index in [4.69, 9.17) is 0 Å². The van der Waals surface area contributed by atoms with Gasteiger partial charge in [0.15, 0.2) is 0 Å². The molecular formula is C17H17NO. The summed E-state index contributed by atoms with van der Waals surface area (Å²) in [7, 11) is 0. The molecule has 2 aromatic carbocycles. The molecule has 0 fully saturated rings. The van der Waals surface area contributed by atoms with Gasteiger partial charge < -0.3 is 10.1 Å². The van der Waals surface area contributed by atoms with Gasteiger partial charge in [-0.05, 0) is 54.1 Å². The minimum Gasteiger partial charge on any atom is -0.381 e. The molecule has 1 heterocycles. The van der Waals surface area contributed by atoms with Gasteiger partial charge in [0.2, 0.25) is 0 Å². The zero-order chi connectivity index (χ0) is 13.5. The Hall–Kier alpha value is -2.06. The number of H-pyrrole nitrogens is 1. The number of aromatic amines is 1. The van der Waals surface area contributed by atoms with Crippen LogP contribution in [0.15, 0.2) is 54.7 Å². The molecule has 0 aliphatic carbocycles. The predicted octanol–water partition coefficient (Wildman–Crippen LogP) is 3.73. The van der Waals surface area contributed by atoms with Crippen molar-refractivity contribution in [2.75, 3.05) is 0 Å². The number of fused-ring (bicyclic) bond motifs is 1. The Bertz CT molecular complexity index is 725. The Kier molecular flexibility index (Phi) is 2.68. The molecule has 3 aromatic rings. The largest absolute Gasteiger partial charge is 0.381 e. The first-order valence-corrected chi connectivity index (χ1v) is 6.45. The Morgan fingerprint density at radius 1 is 1.05 bits per heavy atom. The van der Waals surface area contributed by atoms with Gasteiger partial charge in [0.1, 0.15) is 5.60 Å². The maximum atomic E-state index is 10.9. The molecule has 96 valence electrons. The van der Waals surface area contributed by atoms with E-state index < -0.39 is 5.60 Å². The topological polar surface area (TPSA) is 36.0 Å². The Morgan fingerprint density at radius 2 is 1.84 bits per heavy atom. The van der Waals surface area contributed by atoms with Crippen LogP contribution in [-0.2, 0) is 5.60 Å². The van der Waals surface area contributed by atoms with Crippen molar-refractivity contribution in [1.82, 2.24) is 4.98 Å². The smallest absolute Gasteiger partial charge is 0.112 e. The van der Waals surface area contributed by atoms with Crippen LogP contribution < -0.4 is 0 Å². The molecule has 0 spiro atoms. The summed E-state index contributed by atoms with van der Waals surface area (Å²) in [5.74, 6) is 0. The first kappa shape index (κ1) is 12.0. The van der Waals surface area contributed by atoms with Gasteiger partial charge in [0.25, 0.3) is 0 Å². The number of benzene rings is 2. The third-order valence-electron chi connectivity index (χ3n) is 3.78. The van der Waals surface area contributed by atoms with Crippen molar-refractivity contribution < 1.29 is 5.11 Å². The molecule has 0 saturated heterocycles. The van der Waals surface area contributed by atoms with Crippen molar-refractivity contribution in [3.63, 3.8) is 0 Å². The number of hydrogen-bond donors (Lipinski definition) is 2. The molecule has 2 N–H and O–H groups in total. The van der Waals surface area contributed by atoms with E-state index in [1.165, 1.54) is 0 Å². The van der Waals surface area contributed by atoms with Crippen LogP contribution in [0.25, 0.3) is 10.9 Å². The maximum absolute atomic E-state index is 10.9. The van der Waals surface area contributed by atoms with Crippen molar-refractivity contribution in [2.45, 2.75) is 19.4 Å². The van der Waals surface area contributed by atoms with E-state index in [9.17, 15) is 5.11 Å². The summed E-state index contributed by atoms with van der Waals surface area (Å²) in [6.07, 6.45) is 1.91. The number of aryl methyl sites for hydroxylation is 1. The van der Waals surface area contributed by atoms with Crippen molar-refractivity contribution in [3.05, 3.63) is 71.4 Å². The Labute approximate surface area is 112 Å². The SMILES string of the molecule is Cc1ccccc1C(C)(O)c1ccc2[nH]ccc2c1. The van der Waals surface area contributed by atoms with Crippen molar-refractivity contribution in [3.8, 4) is 0 Å². The number of aromatic nitrogens is 1. The summed E-state index contributed by atoms with van der Waals surface area (Å²) in [6.45, 7) is 3.88. The van der Waals surface area contributed by atoms with Gasteiger partial charge in [-0.2, -0.15) is 0 Å². The molecule has 2 nitrogen and oxygen atoms in total. The molecule has 0 amide bonds. The Balaban J connectivity index is 2.15. The minimum atomic E-state index is -0.975. The third-order valence-corrected chi connectivity index (χ3v) is 3.78.